The quantitative estimate of drug-likeness (QED) is 0.641. The number of hydrogen-bond donors (Lipinski definition) is 1. The Hall–Kier alpha value is -2.24. The average Bonchev–Trinajstić information content (AvgIpc) is 2.67. The van der Waals surface area contributed by atoms with Crippen LogP contribution in [-0.2, 0) is 4.79 Å². The number of amides is 2. The first-order valence-corrected chi connectivity index (χ1v) is 9.83. The molecule has 7 heteroatoms. The highest BCUT2D eigenvalue weighted by atomic mass is 35.5. The summed E-state index contributed by atoms with van der Waals surface area (Å²) < 4.78 is 5.68. The van der Waals surface area contributed by atoms with Crippen LogP contribution in [0.3, 0.4) is 0 Å². The Balaban J connectivity index is 2.07. The van der Waals surface area contributed by atoms with Gasteiger partial charge in [-0.3, -0.25) is 9.59 Å². The molecule has 0 aromatic heterocycles. The molecule has 0 radical (unpaired) electrons. The lowest BCUT2D eigenvalue weighted by Gasteiger charge is -2.21. The zero-order valence-corrected chi connectivity index (χ0v) is 17.7. The second kappa shape index (κ2) is 10.3. The number of rotatable bonds is 8. The summed E-state index contributed by atoms with van der Waals surface area (Å²) in [5.74, 6) is 0.380. The number of carbonyl (C=O) groups excluding carboxylic acids is 2. The van der Waals surface area contributed by atoms with E-state index in [2.05, 4.69) is 19.2 Å². The summed E-state index contributed by atoms with van der Waals surface area (Å²) >= 11 is 12.2. The second-order valence-electron chi connectivity index (χ2n) is 6.70. The number of hydrogen-bond acceptors (Lipinski definition) is 3. The van der Waals surface area contributed by atoms with Crippen LogP contribution in [-0.4, -0.2) is 36.4 Å². The van der Waals surface area contributed by atoms with E-state index in [0.717, 1.165) is 0 Å². The molecule has 0 unspecified atom stereocenters. The number of para-hydroxylation sites is 1. The van der Waals surface area contributed by atoms with Crippen molar-refractivity contribution in [2.45, 2.75) is 20.8 Å². The van der Waals surface area contributed by atoms with E-state index in [9.17, 15) is 9.59 Å². The van der Waals surface area contributed by atoms with Crippen LogP contribution in [0, 0.1) is 5.92 Å². The Morgan fingerprint density at radius 3 is 2.36 bits per heavy atom. The molecule has 2 rings (SSSR count). The van der Waals surface area contributed by atoms with Crippen molar-refractivity contribution >= 4 is 40.7 Å². The summed E-state index contributed by atoms with van der Waals surface area (Å²) in [6.45, 7) is 6.74. The van der Waals surface area contributed by atoms with Gasteiger partial charge >= 0.3 is 0 Å². The van der Waals surface area contributed by atoms with Crippen LogP contribution >= 0.6 is 23.2 Å². The second-order valence-corrected chi connectivity index (χ2v) is 7.51. The van der Waals surface area contributed by atoms with Crippen LogP contribution in [0.2, 0.25) is 10.0 Å². The number of anilines is 1. The molecule has 0 saturated carbocycles. The molecule has 2 aromatic rings. The first-order chi connectivity index (χ1) is 13.3. The highest BCUT2D eigenvalue weighted by molar-refractivity contribution is 6.39. The largest absolute Gasteiger partial charge is 0.493 e. The van der Waals surface area contributed by atoms with Crippen molar-refractivity contribution < 1.29 is 14.3 Å². The third-order valence-corrected chi connectivity index (χ3v) is 4.52. The molecule has 28 heavy (non-hydrogen) atoms. The van der Waals surface area contributed by atoms with Crippen molar-refractivity contribution in [3.05, 3.63) is 58.1 Å². The Labute approximate surface area is 175 Å². The lowest BCUT2D eigenvalue weighted by atomic mass is 10.2. The molecule has 2 aromatic carbocycles. The predicted molar refractivity (Wildman–Crippen MR) is 113 cm³/mol. The van der Waals surface area contributed by atoms with E-state index in [1.54, 1.807) is 36.4 Å². The SMILES string of the molecule is CCN(CC(=O)Nc1c(Cl)cccc1Cl)C(=O)c1cccc(OCC(C)C)c1. The van der Waals surface area contributed by atoms with Gasteiger partial charge in [-0.25, -0.2) is 0 Å². The van der Waals surface area contributed by atoms with Gasteiger partial charge in [-0.05, 0) is 43.2 Å². The maximum atomic E-state index is 12.8. The summed E-state index contributed by atoms with van der Waals surface area (Å²) in [7, 11) is 0. The molecule has 150 valence electrons. The van der Waals surface area contributed by atoms with Crippen LogP contribution in [0.4, 0.5) is 5.69 Å². The summed E-state index contributed by atoms with van der Waals surface area (Å²) in [6, 6.07) is 11.9. The van der Waals surface area contributed by atoms with Crippen LogP contribution in [0.5, 0.6) is 5.75 Å². The Morgan fingerprint density at radius 1 is 1.11 bits per heavy atom. The van der Waals surface area contributed by atoms with Crippen LogP contribution < -0.4 is 10.1 Å². The Kier molecular flexibility index (Phi) is 8.15. The predicted octanol–water partition coefficient (Wildman–Crippen LogP) is 5.13. The van der Waals surface area contributed by atoms with Gasteiger partial charge in [0.1, 0.15) is 12.3 Å². The molecule has 0 saturated heterocycles. The summed E-state index contributed by atoms with van der Waals surface area (Å²) in [5, 5.41) is 3.35. The molecule has 0 spiro atoms. The maximum absolute atomic E-state index is 12.8. The molecule has 0 heterocycles. The zero-order chi connectivity index (χ0) is 20.7. The van der Waals surface area contributed by atoms with Gasteiger partial charge in [-0.1, -0.05) is 49.2 Å². The van der Waals surface area contributed by atoms with Crippen LogP contribution in [0.25, 0.3) is 0 Å². The summed E-state index contributed by atoms with van der Waals surface area (Å²) in [4.78, 5) is 26.7. The first kappa shape index (κ1) is 22.1. The van der Waals surface area contributed by atoms with E-state index in [0.29, 0.717) is 46.1 Å². The van der Waals surface area contributed by atoms with Crippen molar-refractivity contribution in [2.75, 3.05) is 25.0 Å². The van der Waals surface area contributed by atoms with E-state index >= 15 is 0 Å². The molecule has 1 N–H and O–H groups in total. The average molecular weight is 423 g/mol. The van der Waals surface area contributed by atoms with E-state index < -0.39 is 0 Å². The minimum absolute atomic E-state index is 0.117. The number of nitrogens with one attached hydrogen (secondary N) is 1. The van der Waals surface area contributed by atoms with Gasteiger partial charge in [0.15, 0.2) is 0 Å². The maximum Gasteiger partial charge on any atom is 0.254 e. The standard InChI is InChI=1S/C21H24Cl2N2O3/c1-4-25(12-19(26)24-20-17(22)9-6-10-18(20)23)21(27)15-7-5-8-16(11-15)28-13-14(2)3/h5-11,14H,4,12-13H2,1-3H3,(H,24,26). The third kappa shape index (κ3) is 6.14. The minimum Gasteiger partial charge on any atom is -0.493 e. The van der Waals surface area contributed by atoms with Gasteiger partial charge < -0.3 is 15.0 Å². The fourth-order valence-electron chi connectivity index (χ4n) is 2.46. The topological polar surface area (TPSA) is 58.6 Å². The van der Waals surface area contributed by atoms with Gasteiger partial charge in [0.05, 0.1) is 22.3 Å². The summed E-state index contributed by atoms with van der Waals surface area (Å²) in [6.07, 6.45) is 0. The number of benzene rings is 2. The number of carbonyl (C=O) groups is 2. The fraction of sp³-hybridized carbons (Fsp3) is 0.333. The molecular formula is C21H24Cl2N2O3. The van der Waals surface area contributed by atoms with Crippen LogP contribution in [0.15, 0.2) is 42.5 Å². The molecular weight excluding hydrogens is 399 g/mol. The monoisotopic (exact) mass is 422 g/mol. The van der Waals surface area contributed by atoms with Crippen molar-refractivity contribution in [3.8, 4) is 5.75 Å². The van der Waals surface area contributed by atoms with E-state index in [4.69, 9.17) is 27.9 Å². The van der Waals surface area contributed by atoms with E-state index in [-0.39, 0.29) is 18.4 Å². The van der Waals surface area contributed by atoms with Gasteiger partial charge in [-0.15, -0.1) is 0 Å². The normalized spacial score (nSPS) is 10.6. The minimum atomic E-state index is -0.377. The van der Waals surface area contributed by atoms with Gasteiger partial charge in [-0.2, -0.15) is 0 Å². The molecule has 5 nitrogen and oxygen atoms in total. The molecule has 2 amide bonds. The van der Waals surface area contributed by atoms with Crippen molar-refractivity contribution in [1.29, 1.82) is 0 Å². The number of halogens is 2. The molecule has 0 fully saturated rings. The molecule has 0 aliphatic carbocycles. The van der Waals surface area contributed by atoms with Gasteiger partial charge in [0, 0.05) is 12.1 Å². The lowest BCUT2D eigenvalue weighted by Crippen LogP contribution is -2.38. The number of likely N-dealkylation sites (N-methyl/N-ethyl adjacent to an activating group) is 1. The zero-order valence-electron chi connectivity index (χ0n) is 16.2. The van der Waals surface area contributed by atoms with Gasteiger partial charge in [0.25, 0.3) is 5.91 Å². The fourth-order valence-corrected chi connectivity index (χ4v) is 2.95. The van der Waals surface area contributed by atoms with Crippen molar-refractivity contribution in [3.63, 3.8) is 0 Å². The Morgan fingerprint density at radius 2 is 1.75 bits per heavy atom. The van der Waals surface area contributed by atoms with Gasteiger partial charge in [0.2, 0.25) is 5.91 Å². The Bertz CT molecular complexity index is 820. The first-order valence-electron chi connectivity index (χ1n) is 9.07. The number of nitrogens with zero attached hydrogens (tertiary/aromatic N) is 1. The highest BCUT2D eigenvalue weighted by Gasteiger charge is 2.19. The number of ether oxygens (including phenoxy) is 1. The van der Waals surface area contributed by atoms with Crippen LogP contribution in [0.1, 0.15) is 31.1 Å². The highest BCUT2D eigenvalue weighted by Crippen LogP contribution is 2.29. The lowest BCUT2D eigenvalue weighted by molar-refractivity contribution is -0.116. The smallest absolute Gasteiger partial charge is 0.254 e. The molecule has 0 bridgehead atoms. The molecule has 0 atom stereocenters. The molecule has 0 aliphatic rings. The summed E-state index contributed by atoms with van der Waals surface area (Å²) in [5.41, 5.74) is 0.801. The van der Waals surface area contributed by atoms with E-state index in [1.165, 1.54) is 4.90 Å². The van der Waals surface area contributed by atoms with Crippen molar-refractivity contribution in [2.24, 2.45) is 5.92 Å². The third-order valence-electron chi connectivity index (χ3n) is 3.89. The van der Waals surface area contributed by atoms with Crippen molar-refractivity contribution in [1.82, 2.24) is 4.90 Å². The molecule has 0 aliphatic heterocycles. The van der Waals surface area contributed by atoms with E-state index in [1.807, 2.05) is 13.0 Å².